The average molecular weight is 197 g/mol. The van der Waals surface area contributed by atoms with Crippen LogP contribution in [0.25, 0.3) is 0 Å². The molecule has 0 bridgehead atoms. The lowest BCUT2D eigenvalue weighted by molar-refractivity contribution is 0.185. The van der Waals surface area contributed by atoms with Crippen LogP contribution in [0.4, 0.5) is 0 Å². The first-order valence-electron chi connectivity index (χ1n) is 4.25. The van der Waals surface area contributed by atoms with E-state index >= 15 is 0 Å². The molecule has 0 spiro atoms. The van der Waals surface area contributed by atoms with Gasteiger partial charge in [0, 0.05) is 16.5 Å². The van der Waals surface area contributed by atoms with E-state index in [-0.39, 0.29) is 12.0 Å². The highest BCUT2D eigenvalue weighted by molar-refractivity contribution is 7.11. The standard InChI is InChI=1S/C10H15NOS/c1-4-10(3,7-12)5-9-6-11-8(2)13-9/h4,6,12H,1,5,7H2,2-3H3. The van der Waals surface area contributed by atoms with E-state index in [4.69, 9.17) is 5.11 Å². The van der Waals surface area contributed by atoms with Crippen molar-refractivity contribution in [3.63, 3.8) is 0 Å². The van der Waals surface area contributed by atoms with E-state index in [2.05, 4.69) is 11.6 Å². The van der Waals surface area contributed by atoms with Gasteiger partial charge in [0.1, 0.15) is 0 Å². The second kappa shape index (κ2) is 4.03. The van der Waals surface area contributed by atoms with Crippen LogP contribution in [0.3, 0.4) is 0 Å². The second-order valence-electron chi connectivity index (χ2n) is 3.54. The van der Waals surface area contributed by atoms with Gasteiger partial charge >= 0.3 is 0 Å². The van der Waals surface area contributed by atoms with Crippen LogP contribution in [0.1, 0.15) is 16.8 Å². The third kappa shape index (κ3) is 2.64. The lowest BCUT2D eigenvalue weighted by Gasteiger charge is -2.21. The molecule has 1 aromatic rings. The normalized spacial score (nSPS) is 15.3. The summed E-state index contributed by atoms with van der Waals surface area (Å²) in [5.41, 5.74) is -0.209. The van der Waals surface area contributed by atoms with Crippen LogP contribution in [0.15, 0.2) is 18.9 Å². The molecule has 0 radical (unpaired) electrons. The van der Waals surface area contributed by atoms with Crippen LogP contribution in [0, 0.1) is 12.3 Å². The molecule has 1 N–H and O–H groups in total. The minimum atomic E-state index is -0.209. The predicted molar refractivity (Wildman–Crippen MR) is 55.9 cm³/mol. The highest BCUT2D eigenvalue weighted by Gasteiger charge is 2.20. The van der Waals surface area contributed by atoms with Gasteiger partial charge in [0.15, 0.2) is 0 Å². The van der Waals surface area contributed by atoms with Crippen molar-refractivity contribution < 1.29 is 5.11 Å². The van der Waals surface area contributed by atoms with E-state index in [1.165, 1.54) is 4.88 Å². The maximum Gasteiger partial charge on any atom is 0.0896 e. The fourth-order valence-electron chi connectivity index (χ4n) is 1.08. The Kier molecular flexibility index (Phi) is 3.22. The van der Waals surface area contributed by atoms with Crippen molar-refractivity contribution in [2.24, 2.45) is 5.41 Å². The zero-order valence-corrected chi connectivity index (χ0v) is 8.90. The fraction of sp³-hybridized carbons (Fsp3) is 0.500. The molecule has 0 aromatic carbocycles. The third-order valence-corrected chi connectivity index (χ3v) is 3.01. The van der Waals surface area contributed by atoms with E-state index in [1.807, 2.05) is 26.1 Å². The first kappa shape index (κ1) is 10.4. The van der Waals surface area contributed by atoms with Crippen molar-refractivity contribution in [3.8, 4) is 0 Å². The van der Waals surface area contributed by atoms with Gasteiger partial charge in [-0.25, -0.2) is 4.98 Å². The van der Waals surface area contributed by atoms with Crippen LogP contribution in [0.2, 0.25) is 0 Å². The molecular weight excluding hydrogens is 182 g/mol. The number of hydrogen-bond donors (Lipinski definition) is 1. The van der Waals surface area contributed by atoms with Crippen LogP contribution < -0.4 is 0 Å². The smallest absolute Gasteiger partial charge is 0.0896 e. The van der Waals surface area contributed by atoms with Gasteiger partial charge in [-0.05, 0) is 13.3 Å². The first-order chi connectivity index (χ1) is 6.09. The molecule has 1 heterocycles. The van der Waals surface area contributed by atoms with Crippen LogP contribution >= 0.6 is 11.3 Å². The van der Waals surface area contributed by atoms with Crippen molar-refractivity contribution >= 4 is 11.3 Å². The fourth-order valence-corrected chi connectivity index (χ4v) is 2.07. The largest absolute Gasteiger partial charge is 0.395 e. The molecule has 0 amide bonds. The second-order valence-corrected chi connectivity index (χ2v) is 4.86. The zero-order chi connectivity index (χ0) is 9.90. The minimum absolute atomic E-state index is 0.132. The van der Waals surface area contributed by atoms with Gasteiger partial charge in [0.05, 0.1) is 11.6 Å². The highest BCUT2D eigenvalue weighted by Crippen LogP contribution is 2.25. The molecule has 1 atom stereocenters. The summed E-state index contributed by atoms with van der Waals surface area (Å²) < 4.78 is 0. The van der Waals surface area contributed by atoms with E-state index in [9.17, 15) is 0 Å². The quantitative estimate of drug-likeness (QED) is 0.750. The molecule has 1 rings (SSSR count). The van der Waals surface area contributed by atoms with Crippen molar-refractivity contribution in [2.75, 3.05) is 6.61 Å². The Morgan fingerprint density at radius 3 is 2.85 bits per heavy atom. The average Bonchev–Trinajstić information content (AvgIpc) is 2.51. The summed E-state index contributed by atoms with van der Waals surface area (Å²) in [6.45, 7) is 7.84. The van der Waals surface area contributed by atoms with Crippen molar-refractivity contribution in [2.45, 2.75) is 20.3 Å². The Morgan fingerprint density at radius 1 is 1.77 bits per heavy atom. The number of nitrogens with zero attached hydrogens (tertiary/aromatic N) is 1. The first-order valence-corrected chi connectivity index (χ1v) is 5.07. The summed E-state index contributed by atoms with van der Waals surface area (Å²) in [6, 6.07) is 0. The molecule has 0 aliphatic carbocycles. The topological polar surface area (TPSA) is 33.1 Å². The van der Waals surface area contributed by atoms with Crippen molar-refractivity contribution in [3.05, 3.63) is 28.7 Å². The summed E-state index contributed by atoms with van der Waals surface area (Å²) in [5.74, 6) is 0. The van der Waals surface area contributed by atoms with Gasteiger partial charge < -0.3 is 5.11 Å². The molecule has 0 saturated carbocycles. The Morgan fingerprint density at radius 2 is 2.46 bits per heavy atom. The summed E-state index contributed by atoms with van der Waals surface area (Å²) in [6.07, 6.45) is 4.50. The molecule has 1 unspecified atom stereocenters. The molecule has 3 heteroatoms. The Balaban J connectivity index is 2.72. The molecule has 2 nitrogen and oxygen atoms in total. The summed E-state index contributed by atoms with van der Waals surface area (Å²) >= 11 is 1.68. The molecule has 13 heavy (non-hydrogen) atoms. The van der Waals surface area contributed by atoms with Gasteiger partial charge in [0.25, 0.3) is 0 Å². The third-order valence-electron chi connectivity index (χ3n) is 2.10. The van der Waals surface area contributed by atoms with Crippen molar-refractivity contribution in [1.82, 2.24) is 4.98 Å². The number of aryl methyl sites for hydroxylation is 1. The maximum atomic E-state index is 9.17. The van der Waals surface area contributed by atoms with E-state index in [0.717, 1.165) is 11.4 Å². The molecular formula is C10H15NOS. The number of thiazole rings is 1. The van der Waals surface area contributed by atoms with Gasteiger partial charge in [-0.1, -0.05) is 13.0 Å². The minimum Gasteiger partial charge on any atom is -0.395 e. The number of rotatable bonds is 4. The predicted octanol–water partition coefficient (Wildman–Crippen LogP) is 2.18. The molecule has 0 fully saturated rings. The van der Waals surface area contributed by atoms with Crippen LogP contribution in [-0.4, -0.2) is 16.7 Å². The molecule has 72 valence electrons. The molecule has 0 aliphatic heterocycles. The highest BCUT2D eigenvalue weighted by atomic mass is 32.1. The van der Waals surface area contributed by atoms with E-state index < -0.39 is 0 Å². The van der Waals surface area contributed by atoms with E-state index in [1.54, 1.807) is 11.3 Å². The van der Waals surface area contributed by atoms with Gasteiger partial charge in [-0.15, -0.1) is 17.9 Å². The number of aliphatic hydroxyl groups is 1. The SMILES string of the molecule is C=CC(C)(CO)Cc1cnc(C)s1. The Hall–Kier alpha value is -0.670. The number of hydrogen-bond acceptors (Lipinski definition) is 3. The molecule has 0 aliphatic rings. The van der Waals surface area contributed by atoms with Gasteiger partial charge in [-0.3, -0.25) is 0 Å². The van der Waals surface area contributed by atoms with Crippen LogP contribution in [-0.2, 0) is 6.42 Å². The van der Waals surface area contributed by atoms with E-state index in [0.29, 0.717) is 0 Å². The summed E-state index contributed by atoms with van der Waals surface area (Å²) in [7, 11) is 0. The lowest BCUT2D eigenvalue weighted by atomic mass is 9.88. The maximum absolute atomic E-state index is 9.17. The Labute approximate surface area is 83.0 Å². The monoisotopic (exact) mass is 197 g/mol. The lowest BCUT2D eigenvalue weighted by Crippen LogP contribution is -2.20. The number of aliphatic hydroxyl groups excluding tert-OH is 1. The van der Waals surface area contributed by atoms with Crippen molar-refractivity contribution in [1.29, 1.82) is 0 Å². The molecule has 1 aromatic heterocycles. The molecule has 0 saturated heterocycles. The van der Waals surface area contributed by atoms with Crippen LogP contribution in [0.5, 0.6) is 0 Å². The Bertz CT molecular complexity index is 295. The summed E-state index contributed by atoms with van der Waals surface area (Å²) in [4.78, 5) is 5.37. The van der Waals surface area contributed by atoms with Gasteiger partial charge in [-0.2, -0.15) is 0 Å². The van der Waals surface area contributed by atoms with Gasteiger partial charge in [0.2, 0.25) is 0 Å². The summed E-state index contributed by atoms with van der Waals surface area (Å²) in [5, 5.41) is 10.2. The number of aromatic nitrogens is 1. The zero-order valence-electron chi connectivity index (χ0n) is 8.08.